The minimum Gasteiger partial charge on any atom is -0.392 e. The summed E-state index contributed by atoms with van der Waals surface area (Å²) >= 11 is 0. The highest BCUT2D eigenvalue weighted by molar-refractivity contribution is 4.81. The van der Waals surface area contributed by atoms with E-state index in [1.165, 1.54) is 0 Å². The molecular weight excluding hydrogens is 156 g/mol. The second-order valence-electron chi connectivity index (χ2n) is 3.38. The highest BCUT2D eigenvalue weighted by Crippen LogP contribution is 2.11. The van der Waals surface area contributed by atoms with E-state index in [4.69, 9.17) is 0 Å². The molecule has 4 heteroatoms. The van der Waals surface area contributed by atoms with Crippen LogP contribution in [-0.4, -0.2) is 42.2 Å². The molecule has 1 aliphatic rings. The molecule has 3 atom stereocenters. The second kappa shape index (κ2) is 4.77. The average Bonchev–Trinajstić information content (AvgIpc) is 2.47. The molecule has 0 bridgehead atoms. The van der Waals surface area contributed by atoms with Gasteiger partial charge in [-0.3, -0.25) is 5.32 Å². The fraction of sp³-hybridized carbons (Fsp3) is 1.00. The molecule has 72 valence electrons. The van der Waals surface area contributed by atoms with Crippen LogP contribution in [0.4, 0.5) is 0 Å². The molecule has 0 saturated carbocycles. The lowest BCUT2D eigenvalue weighted by Gasteiger charge is -2.13. The van der Waals surface area contributed by atoms with Gasteiger partial charge in [0.05, 0.1) is 6.10 Å². The monoisotopic (exact) mass is 174 g/mol. The van der Waals surface area contributed by atoms with Crippen molar-refractivity contribution in [3.63, 3.8) is 0 Å². The first kappa shape index (κ1) is 9.92. The summed E-state index contributed by atoms with van der Waals surface area (Å²) in [5, 5.41) is 24.3. The summed E-state index contributed by atoms with van der Waals surface area (Å²) in [4.78, 5) is 0. The summed E-state index contributed by atoms with van der Waals surface area (Å²) in [6.45, 7) is 0.695. The van der Waals surface area contributed by atoms with Crippen LogP contribution in [-0.2, 0) is 0 Å². The highest BCUT2D eigenvalue weighted by atomic mass is 16.3. The van der Waals surface area contributed by atoms with Crippen LogP contribution in [0, 0.1) is 0 Å². The molecule has 0 aromatic heterocycles. The molecule has 1 fully saturated rings. The van der Waals surface area contributed by atoms with Gasteiger partial charge in [0.2, 0.25) is 0 Å². The number of nitrogens with one attached hydrogen (secondary N) is 2. The molecular formula is C8H18N2O2. The Hall–Kier alpha value is -0.160. The van der Waals surface area contributed by atoms with Crippen LogP contribution in [0.1, 0.15) is 19.3 Å². The minimum atomic E-state index is -0.412. The van der Waals surface area contributed by atoms with Crippen molar-refractivity contribution in [3.05, 3.63) is 0 Å². The number of β-amino-alcohol motifs (C(OH)–C–C–N with tert-alkyl or cyclic N) is 1. The maximum atomic E-state index is 9.18. The molecule has 1 aliphatic heterocycles. The van der Waals surface area contributed by atoms with Gasteiger partial charge in [-0.2, -0.15) is 0 Å². The van der Waals surface area contributed by atoms with E-state index in [9.17, 15) is 10.2 Å². The molecule has 0 spiro atoms. The van der Waals surface area contributed by atoms with Crippen molar-refractivity contribution in [2.24, 2.45) is 0 Å². The zero-order chi connectivity index (χ0) is 8.97. The molecule has 1 heterocycles. The molecule has 12 heavy (non-hydrogen) atoms. The lowest BCUT2D eigenvalue weighted by atomic mass is 10.1. The molecule has 4 nitrogen and oxygen atoms in total. The van der Waals surface area contributed by atoms with E-state index in [1.54, 1.807) is 7.05 Å². The van der Waals surface area contributed by atoms with Gasteiger partial charge < -0.3 is 15.5 Å². The van der Waals surface area contributed by atoms with Crippen LogP contribution in [0.25, 0.3) is 0 Å². The maximum Gasteiger partial charge on any atom is 0.104 e. The zero-order valence-electron chi connectivity index (χ0n) is 7.45. The van der Waals surface area contributed by atoms with Gasteiger partial charge in [-0.25, -0.2) is 0 Å². The molecule has 0 radical (unpaired) electrons. The number of aliphatic hydroxyl groups is 2. The van der Waals surface area contributed by atoms with Crippen molar-refractivity contribution in [2.75, 3.05) is 13.6 Å². The van der Waals surface area contributed by atoms with Crippen molar-refractivity contribution in [1.29, 1.82) is 0 Å². The normalized spacial score (nSPS) is 32.2. The van der Waals surface area contributed by atoms with E-state index >= 15 is 0 Å². The van der Waals surface area contributed by atoms with Crippen molar-refractivity contribution >= 4 is 0 Å². The Morgan fingerprint density at radius 2 is 2.42 bits per heavy atom. The minimum absolute atomic E-state index is 0.193. The maximum absolute atomic E-state index is 9.18. The topological polar surface area (TPSA) is 64.5 Å². The van der Waals surface area contributed by atoms with Gasteiger partial charge in [0.15, 0.2) is 0 Å². The number of rotatable bonds is 4. The molecule has 0 aromatic rings. The first-order valence-corrected chi connectivity index (χ1v) is 4.49. The number of hydrogen-bond donors (Lipinski definition) is 4. The van der Waals surface area contributed by atoms with E-state index in [1.807, 2.05) is 0 Å². The SMILES string of the molecule is CN[C@H](O)CC[C@H]1C[C@@H](O)CN1. The summed E-state index contributed by atoms with van der Waals surface area (Å²) in [5.74, 6) is 0. The first-order valence-electron chi connectivity index (χ1n) is 4.49. The lowest BCUT2D eigenvalue weighted by Crippen LogP contribution is -2.28. The third kappa shape index (κ3) is 3.06. The van der Waals surface area contributed by atoms with Crippen molar-refractivity contribution in [2.45, 2.75) is 37.6 Å². The summed E-state index contributed by atoms with van der Waals surface area (Å²) in [5.41, 5.74) is 0. The Labute approximate surface area is 73.0 Å². The molecule has 0 amide bonds. The second-order valence-corrected chi connectivity index (χ2v) is 3.38. The van der Waals surface area contributed by atoms with Gasteiger partial charge in [0.1, 0.15) is 6.23 Å². The van der Waals surface area contributed by atoms with Gasteiger partial charge >= 0.3 is 0 Å². The molecule has 0 unspecified atom stereocenters. The van der Waals surface area contributed by atoms with Crippen molar-refractivity contribution in [1.82, 2.24) is 10.6 Å². The van der Waals surface area contributed by atoms with Gasteiger partial charge in [-0.05, 0) is 26.3 Å². The fourth-order valence-corrected chi connectivity index (χ4v) is 1.52. The number of hydrogen-bond acceptors (Lipinski definition) is 4. The van der Waals surface area contributed by atoms with Crippen LogP contribution >= 0.6 is 0 Å². The summed E-state index contributed by atoms with van der Waals surface area (Å²) < 4.78 is 0. The average molecular weight is 174 g/mol. The molecule has 0 aliphatic carbocycles. The quantitative estimate of drug-likeness (QED) is 0.414. The van der Waals surface area contributed by atoms with E-state index in [0.29, 0.717) is 12.6 Å². The smallest absolute Gasteiger partial charge is 0.104 e. The third-order valence-corrected chi connectivity index (χ3v) is 2.32. The van der Waals surface area contributed by atoms with Crippen molar-refractivity contribution in [3.8, 4) is 0 Å². The standard InChI is InChI=1S/C8H18N2O2/c1-9-8(12)3-2-6-4-7(11)5-10-6/h6-12H,2-5H2,1H3/t6-,7+,8+/m0/s1. The van der Waals surface area contributed by atoms with E-state index in [2.05, 4.69) is 10.6 Å². The van der Waals surface area contributed by atoms with Crippen LogP contribution in [0.3, 0.4) is 0 Å². The Morgan fingerprint density at radius 1 is 1.67 bits per heavy atom. The van der Waals surface area contributed by atoms with Gasteiger partial charge in [-0.1, -0.05) is 0 Å². The zero-order valence-corrected chi connectivity index (χ0v) is 7.45. The molecule has 0 aromatic carbocycles. The molecule has 4 N–H and O–H groups in total. The first-order chi connectivity index (χ1) is 5.72. The largest absolute Gasteiger partial charge is 0.392 e. The Balaban J connectivity index is 2.07. The van der Waals surface area contributed by atoms with Gasteiger partial charge in [0.25, 0.3) is 0 Å². The van der Waals surface area contributed by atoms with Crippen molar-refractivity contribution < 1.29 is 10.2 Å². The third-order valence-electron chi connectivity index (χ3n) is 2.32. The lowest BCUT2D eigenvalue weighted by molar-refractivity contribution is 0.130. The predicted molar refractivity (Wildman–Crippen MR) is 46.7 cm³/mol. The van der Waals surface area contributed by atoms with Crippen LogP contribution in [0.5, 0.6) is 0 Å². The fourth-order valence-electron chi connectivity index (χ4n) is 1.52. The van der Waals surface area contributed by atoms with Gasteiger partial charge in [-0.15, -0.1) is 0 Å². The predicted octanol–water partition coefficient (Wildman–Crippen LogP) is -0.973. The molecule has 1 saturated heterocycles. The highest BCUT2D eigenvalue weighted by Gasteiger charge is 2.21. The summed E-state index contributed by atoms with van der Waals surface area (Å²) in [7, 11) is 1.74. The summed E-state index contributed by atoms with van der Waals surface area (Å²) in [6, 6.07) is 0.378. The van der Waals surface area contributed by atoms with E-state index in [0.717, 1.165) is 19.3 Å². The van der Waals surface area contributed by atoms with Gasteiger partial charge in [0, 0.05) is 12.6 Å². The molecule has 1 rings (SSSR count). The Kier molecular flexibility index (Phi) is 3.94. The Morgan fingerprint density at radius 3 is 2.92 bits per heavy atom. The van der Waals surface area contributed by atoms with E-state index in [-0.39, 0.29) is 6.10 Å². The Bertz CT molecular complexity index is 132. The summed E-state index contributed by atoms with van der Waals surface area (Å²) in [6.07, 6.45) is 1.86. The van der Waals surface area contributed by atoms with Crippen LogP contribution < -0.4 is 10.6 Å². The van der Waals surface area contributed by atoms with Crippen LogP contribution in [0.2, 0.25) is 0 Å². The van der Waals surface area contributed by atoms with Crippen LogP contribution in [0.15, 0.2) is 0 Å². The van der Waals surface area contributed by atoms with E-state index < -0.39 is 6.23 Å². The number of aliphatic hydroxyl groups excluding tert-OH is 2.